The van der Waals surface area contributed by atoms with Crippen molar-refractivity contribution < 1.29 is 43.7 Å². The second-order valence-electron chi connectivity index (χ2n) is 14.9. The fraction of sp³-hybridized carbons (Fsp3) is 0.625. The van der Waals surface area contributed by atoms with Gasteiger partial charge in [-0.05, 0) is 49.4 Å². The van der Waals surface area contributed by atoms with E-state index in [-0.39, 0.29) is 42.5 Å². The maximum atomic E-state index is 14.4. The van der Waals surface area contributed by atoms with Crippen LogP contribution in [0.2, 0.25) is 0 Å². The molecule has 0 radical (unpaired) electrons. The number of anilines is 1. The van der Waals surface area contributed by atoms with Crippen molar-refractivity contribution >= 4 is 40.8 Å². The normalized spacial score (nSPS) is 31.2. The Bertz CT molecular complexity index is 1510. The number of likely N-dealkylation sites (N-methyl/N-ethyl adjacent to an activating group) is 1. The third-order valence-corrected chi connectivity index (χ3v) is 9.58. The average Bonchev–Trinajstić information content (AvgIpc) is 2.88. The van der Waals surface area contributed by atoms with Crippen LogP contribution >= 0.6 is 0 Å². The minimum Gasteiger partial charge on any atom is -0.507 e. The summed E-state index contributed by atoms with van der Waals surface area (Å²) in [5.41, 5.74) is 0.417. The molecule has 0 bridgehead atoms. The standard InChI is InChI=1S/C32H44N4O9/c1-29(2,3)14-45-28(43)34-12-15-10-17(35(6)7)16-11-30(4)13-31(5)24(36(8)9)23(39)19(27(33)42)25(40)32(31,44)26(41)20(30)22(38)18(16)21(15)37/h10,19-20,24,37,44H,11-14H2,1-9H3,(H2,33,42)(H,34,43)/t19?,20?,24-,30+,31+,32-/m1/s1. The molecule has 45 heavy (non-hydrogen) atoms. The third-order valence-electron chi connectivity index (χ3n) is 9.58. The van der Waals surface area contributed by atoms with Crippen LogP contribution < -0.4 is 16.0 Å². The topological polar surface area (TPSA) is 197 Å². The number of nitrogens with two attached hydrogens (primary N) is 1. The molecule has 13 heteroatoms. The number of nitrogens with zero attached hydrogens (tertiary/aromatic N) is 2. The van der Waals surface area contributed by atoms with Crippen molar-refractivity contribution in [2.24, 2.45) is 33.8 Å². The number of primary amides is 1. The first kappa shape index (κ1) is 34.0. The summed E-state index contributed by atoms with van der Waals surface area (Å²) in [5, 5.41) is 26.1. The molecule has 0 spiro atoms. The molecule has 0 aliphatic heterocycles. The van der Waals surface area contributed by atoms with E-state index in [1.807, 2.05) is 20.8 Å². The zero-order valence-corrected chi connectivity index (χ0v) is 27.4. The van der Waals surface area contributed by atoms with Gasteiger partial charge in [-0.1, -0.05) is 34.6 Å². The number of Topliss-reactive ketones (excluding diaryl/α,β-unsaturated/α-hetero) is 4. The van der Waals surface area contributed by atoms with E-state index in [1.54, 1.807) is 46.1 Å². The van der Waals surface area contributed by atoms with Gasteiger partial charge in [-0.15, -0.1) is 0 Å². The van der Waals surface area contributed by atoms with E-state index in [0.717, 1.165) is 0 Å². The van der Waals surface area contributed by atoms with Crippen LogP contribution in [0, 0.1) is 28.1 Å². The van der Waals surface area contributed by atoms with Gasteiger partial charge in [-0.3, -0.25) is 28.9 Å². The van der Waals surface area contributed by atoms with Crippen LogP contribution in [-0.4, -0.2) is 96.7 Å². The number of ketones is 4. The molecule has 13 nitrogen and oxygen atoms in total. The average molecular weight is 629 g/mol. The Morgan fingerprint density at radius 2 is 1.69 bits per heavy atom. The van der Waals surface area contributed by atoms with Crippen LogP contribution in [0.15, 0.2) is 6.07 Å². The number of hydrogen-bond donors (Lipinski definition) is 4. The number of nitrogens with one attached hydrogen (secondary N) is 1. The van der Waals surface area contributed by atoms with Crippen LogP contribution in [0.3, 0.4) is 0 Å². The van der Waals surface area contributed by atoms with Gasteiger partial charge in [0.1, 0.15) is 5.75 Å². The van der Waals surface area contributed by atoms with E-state index in [4.69, 9.17) is 10.5 Å². The molecule has 1 aromatic rings. The van der Waals surface area contributed by atoms with Gasteiger partial charge in [-0.2, -0.15) is 0 Å². The Morgan fingerprint density at radius 1 is 1.09 bits per heavy atom. The molecule has 0 aromatic heterocycles. The summed E-state index contributed by atoms with van der Waals surface area (Å²) in [6.45, 7) is 8.81. The molecule has 2 unspecified atom stereocenters. The number of carbonyl (C=O) groups excluding carboxylic acids is 6. The first-order chi connectivity index (χ1) is 20.5. The highest BCUT2D eigenvalue weighted by atomic mass is 16.5. The summed E-state index contributed by atoms with van der Waals surface area (Å²) in [6.07, 6.45) is -0.748. The fourth-order valence-corrected chi connectivity index (χ4v) is 7.86. The summed E-state index contributed by atoms with van der Waals surface area (Å²) in [6, 6.07) is 0.398. The van der Waals surface area contributed by atoms with Crippen LogP contribution in [0.25, 0.3) is 0 Å². The smallest absolute Gasteiger partial charge is 0.407 e. The van der Waals surface area contributed by atoms with Crippen LogP contribution in [-0.2, 0) is 36.9 Å². The number of alkyl carbamates (subject to hydrolysis) is 1. The number of rotatable bonds is 6. The third kappa shape index (κ3) is 5.09. The summed E-state index contributed by atoms with van der Waals surface area (Å²) < 4.78 is 5.24. The van der Waals surface area contributed by atoms with E-state index in [9.17, 15) is 39.0 Å². The van der Waals surface area contributed by atoms with Gasteiger partial charge in [0.2, 0.25) is 5.91 Å². The molecular weight excluding hydrogens is 584 g/mol. The lowest BCUT2D eigenvalue weighted by Crippen LogP contribution is -2.79. The van der Waals surface area contributed by atoms with Crippen LogP contribution in [0.1, 0.15) is 62.5 Å². The number of carbonyl (C=O) groups is 6. The second kappa shape index (κ2) is 10.9. The van der Waals surface area contributed by atoms with Crippen molar-refractivity contribution in [3.8, 4) is 5.75 Å². The fourth-order valence-electron chi connectivity index (χ4n) is 7.86. The molecule has 3 aliphatic carbocycles. The molecule has 4 rings (SSSR count). The highest BCUT2D eigenvalue weighted by Crippen LogP contribution is 2.62. The summed E-state index contributed by atoms with van der Waals surface area (Å²) in [4.78, 5) is 84.0. The molecular formula is C32H44N4O9. The molecule has 1 aromatic carbocycles. The SMILES string of the molecule is CN(C)c1cc(CNC(=O)OCC(C)(C)C)c(O)c2c1C[C@@]1(C)C[C@@]3(C)[C@H](N(C)C)C(=O)C(C(N)=O)C(=O)[C@@]3(O)C(=O)C1C2=O. The Kier molecular flexibility index (Phi) is 8.25. The first-order valence-electron chi connectivity index (χ1n) is 14.8. The number of benzene rings is 1. The molecule has 6 atom stereocenters. The second-order valence-corrected chi connectivity index (χ2v) is 14.9. The van der Waals surface area contributed by atoms with E-state index in [2.05, 4.69) is 5.32 Å². The van der Waals surface area contributed by atoms with Gasteiger partial charge in [-0.25, -0.2) is 4.79 Å². The van der Waals surface area contributed by atoms with E-state index < -0.39 is 75.2 Å². The highest BCUT2D eigenvalue weighted by molar-refractivity contribution is 6.33. The molecule has 2 saturated carbocycles. The zero-order valence-electron chi connectivity index (χ0n) is 27.4. The largest absolute Gasteiger partial charge is 0.507 e. The Balaban J connectivity index is 1.85. The quantitative estimate of drug-likeness (QED) is 0.328. The predicted octanol–water partition coefficient (Wildman–Crippen LogP) is 0.986. The van der Waals surface area contributed by atoms with Gasteiger partial charge in [0.15, 0.2) is 34.7 Å². The Labute approximate surface area is 262 Å². The van der Waals surface area contributed by atoms with Crippen LogP contribution in [0.4, 0.5) is 10.5 Å². The minimum absolute atomic E-state index is 0.0837. The number of fused-ring (bicyclic) bond motifs is 3. The number of phenolic OH excluding ortho intramolecular Hbond substituents is 1. The summed E-state index contributed by atoms with van der Waals surface area (Å²) in [7, 11) is 6.58. The van der Waals surface area contributed by atoms with Crippen LogP contribution in [0.5, 0.6) is 5.75 Å². The van der Waals surface area contributed by atoms with E-state index in [1.165, 1.54) is 11.8 Å². The molecule has 2 fully saturated rings. The number of aromatic hydroxyl groups is 1. The van der Waals surface area contributed by atoms with Crippen molar-refractivity contribution in [2.45, 2.75) is 65.6 Å². The maximum Gasteiger partial charge on any atom is 0.407 e. The van der Waals surface area contributed by atoms with Gasteiger partial charge < -0.3 is 30.9 Å². The predicted molar refractivity (Wildman–Crippen MR) is 163 cm³/mol. The molecule has 2 amide bonds. The van der Waals surface area contributed by atoms with Crippen molar-refractivity contribution in [2.75, 3.05) is 39.7 Å². The highest BCUT2D eigenvalue weighted by Gasteiger charge is 2.76. The molecule has 5 N–H and O–H groups in total. The summed E-state index contributed by atoms with van der Waals surface area (Å²) in [5.74, 6) is -9.48. The van der Waals surface area contributed by atoms with Crippen molar-refractivity contribution in [3.05, 3.63) is 22.8 Å². The molecule has 3 aliphatic rings. The van der Waals surface area contributed by atoms with Gasteiger partial charge in [0, 0.05) is 37.3 Å². The number of amides is 2. The lowest BCUT2D eigenvalue weighted by Gasteiger charge is -2.61. The lowest BCUT2D eigenvalue weighted by atomic mass is 9.42. The van der Waals surface area contributed by atoms with E-state index >= 15 is 0 Å². The van der Waals surface area contributed by atoms with Crippen molar-refractivity contribution in [3.63, 3.8) is 0 Å². The number of ether oxygens (including phenoxy) is 1. The Morgan fingerprint density at radius 3 is 2.20 bits per heavy atom. The zero-order chi connectivity index (χ0) is 34.2. The molecule has 246 valence electrons. The van der Waals surface area contributed by atoms with Crippen molar-refractivity contribution in [1.82, 2.24) is 10.2 Å². The minimum atomic E-state index is -2.89. The number of aliphatic hydroxyl groups is 1. The number of hydrogen-bond acceptors (Lipinski definition) is 11. The lowest BCUT2D eigenvalue weighted by molar-refractivity contribution is -0.203. The molecule has 0 saturated heterocycles. The van der Waals surface area contributed by atoms with E-state index in [0.29, 0.717) is 11.3 Å². The van der Waals surface area contributed by atoms with Gasteiger partial charge in [0.25, 0.3) is 0 Å². The Hall–Kier alpha value is -3.84. The summed E-state index contributed by atoms with van der Waals surface area (Å²) >= 11 is 0. The first-order valence-corrected chi connectivity index (χ1v) is 14.8. The maximum absolute atomic E-state index is 14.4. The van der Waals surface area contributed by atoms with Gasteiger partial charge >= 0.3 is 6.09 Å². The molecule has 0 heterocycles. The number of phenols is 1. The monoisotopic (exact) mass is 628 g/mol. The van der Waals surface area contributed by atoms with Gasteiger partial charge in [0.05, 0.1) is 24.1 Å². The van der Waals surface area contributed by atoms with Crippen molar-refractivity contribution in [1.29, 1.82) is 0 Å².